The first-order chi connectivity index (χ1) is 10.7. The smallest absolute Gasteiger partial charge is 0.161 e. The number of aryl methyl sites for hydroxylation is 1. The van der Waals surface area contributed by atoms with Crippen LogP contribution in [0.3, 0.4) is 0 Å². The normalized spacial score (nSPS) is 12.5. The van der Waals surface area contributed by atoms with Crippen LogP contribution in [0.4, 0.5) is 5.82 Å². The van der Waals surface area contributed by atoms with Crippen molar-refractivity contribution in [1.29, 1.82) is 0 Å². The second-order valence-corrected chi connectivity index (χ2v) is 5.40. The molecule has 0 fully saturated rings. The number of fused-ring (bicyclic) bond motifs is 1. The number of rotatable bonds is 5. The number of anilines is 1. The molecule has 1 unspecified atom stereocenters. The Morgan fingerprint density at radius 2 is 2.23 bits per heavy atom. The van der Waals surface area contributed by atoms with Gasteiger partial charge in [0, 0.05) is 12.1 Å². The molecule has 22 heavy (non-hydrogen) atoms. The Labute approximate surface area is 132 Å². The Morgan fingerprint density at radius 1 is 1.36 bits per heavy atom. The van der Waals surface area contributed by atoms with Crippen LogP contribution in [0.15, 0.2) is 30.5 Å². The van der Waals surface area contributed by atoms with Gasteiger partial charge in [0.2, 0.25) is 0 Å². The van der Waals surface area contributed by atoms with Crippen molar-refractivity contribution in [3.63, 3.8) is 0 Å². The molecule has 0 aliphatic rings. The van der Waals surface area contributed by atoms with Gasteiger partial charge in [0.25, 0.3) is 0 Å². The van der Waals surface area contributed by atoms with Crippen molar-refractivity contribution in [2.45, 2.75) is 13.0 Å². The zero-order valence-electron chi connectivity index (χ0n) is 12.3. The molecule has 0 aliphatic carbocycles. The Kier molecular flexibility index (Phi) is 4.22. The maximum atomic E-state index is 6.09. The lowest BCUT2D eigenvalue weighted by atomic mass is 10.1. The first kappa shape index (κ1) is 14.7. The topological polar surface area (TPSA) is 75.7 Å². The third-order valence-corrected chi connectivity index (χ3v) is 3.55. The fourth-order valence-electron chi connectivity index (χ4n) is 2.33. The van der Waals surface area contributed by atoms with Crippen LogP contribution in [-0.4, -0.2) is 33.9 Å². The van der Waals surface area contributed by atoms with E-state index in [2.05, 4.69) is 25.5 Å². The molecule has 1 atom stereocenters. The van der Waals surface area contributed by atoms with E-state index in [0.717, 1.165) is 16.8 Å². The van der Waals surface area contributed by atoms with Crippen LogP contribution in [-0.2, 0) is 4.74 Å². The lowest BCUT2D eigenvalue weighted by Crippen LogP contribution is -2.17. The van der Waals surface area contributed by atoms with E-state index in [4.69, 9.17) is 16.3 Å². The standard InChI is InChI=1S/C15H16ClN5O/c1-9-18-14(12-7-17-21-15(12)19-9)20-13(8-22-2)10-4-3-5-11(16)6-10/h3-7,13H,8H2,1-2H3,(H2,17,18,19,20,21). The largest absolute Gasteiger partial charge is 0.382 e. The minimum atomic E-state index is -0.0731. The first-order valence-electron chi connectivity index (χ1n) is 6.86. The third-order valence-electron chi connectivity index (χ3n) is 3.32. The second kappa shape index (κ2) is 6.29. The van der Waals surface area contributed by atoms with Gasteiger partial charge < -0.3 is 10.1 Å². The minimum absolute atomic E-state index is 0.0731. The van der Waals surface area contributed by atoms with E-state index in [-0.39, 0.29) is 6.04 Å². The third kappa shape index (κ3) is 3.03. The monoisotopic (exact) mass is 317 g/mol. The highest BCUT2D eigenvalue weighted by atomic mass is 35.5. The average Bonchev–Trinajstić information content (AvgIpc) is 2.95. The number of aromatic amines is 1. The summed E-state index contributed by atoms with van der Waals surface area (Å²) < 4.78 is 5.32. The van der Waals surface area contributed by atoms with Crippen molar-refractivity contribution in [2.75, 3.05) is 19.0 Å². The van der Waals surface area contributed by atoms with E-state index >= 15 is 0 Å². The molecule has 2 N–H and O–H groups in total. The van der Waals surface area contributed by atoms with Crippen molar-refractivity contribution in [2.24, 2.45) is 0 Å². The number of aromatic nitrogens is 4. The Bertz CT molecular complexity index is 788. The van der Waals surface area contributed by atoms with Gasteiger partial charge in [-0.05, 0) is 24.6 Å². The average molecular weight is 318 g/mol. The maximum Gasteiger partial charge on any atom is 0.161 e. The fraction of sp³-hybridized carbons (Fsp3) is 0.267. The molecule has 7 heteroatoms. The minimum Gasteiger partial charge on any atom is -0.382 e. The van der Waals surface area contributed by atoms with E-state index in [9.17, 15) is 0 Å². The molecule has 1 aromatic carbocycles. The van der Waals surface area contributed by atoms with Gasteiger partial charge in [0.15, 0.2) is 5.65 Å². The van der Waals surface area contributed by atoms with E-state index in [1.54, 1.807) is 13.3 Å². The van der Waals surface area contributed by atoms with Gasteiger partial charge in [-0.1, -0.05) is 23.7 Å². The molecule has 6 nitrogen and oxygen atoms in total. The van der Waals surface area contributed by atoms with E-state index in [1.165, 1.54) is 0 Å². The molecule has 0 amide bonds. The SMILES string of the molecule is COCC(Nc1nc(C)nc2[nH]ncc12)c1cccc(Cl)c1. The Balaban J connectivity index is 1.97. The van der Waals surface area contributed by atoms with Gasteiger partial charge >= 0.3 is 0 Å². The molecule has 0 spiro atoms. The lowest BCUT2D eigenvalue weighted by molar-refractivity contribution is 0.186. The molecule has 0 saturated heterocycles. The molecular weight excluding hydrogens is 302 g/mol. The molecule has 3 rings (SSSR count). The Hall–Kier alpha value is -2.18. The number of hydrogen-bond donors (Lipinski definition) is 2. The van der Waals surface area contributed by atoms with Crippen LogP contribution < -0.4 is 5.32 Å². The molecular formula is C15H16ClN5O. The summed E-state index contributed by atoms with van der Waals surface area (Å²) in [5.41, 5.74) is 1.74. The molecule has 3 aromatic rings. The summed E-state index contributed by atoms with van der Waals surface area (Å²) in [4.78, 5) is 8.79. The number of nitrogens with one attached hydrogen (secondary N) is 2. The second-order valence-electron chi connectivity index (χ2n) is 4.96. The van der Waals surface area contributed by atoms with Crippen molar-refractivity contribution in [1.82, 2.24) is 20.2 Å². The van der Waals surface area contributed by atoms with Gasteiger partial charge in [-0.3, -0.25) is 5.10 Å². The highest BCUT2D eigenvalue weighted by molar-refractivity contribution is 6.30. The van der Waals surface area contributed by atoms with E-state index in [1.807, 2.05) is 31.2 Å². The number of H-pyrrole nitrogens is 1. The van der Waals surface area contributed by atoms with Gasteiger partial charge in [-0.2, -0.15) is 5.10 Å². The van der Waals surface area contributed by atoms with Crippen molar-refractivity contribution >= 4 is 28.5 Å². The number of methoxy groups -OCH3 is 1. The summed E-state index contributed by atoms with van der Waals surface area (Å²) in [5, 5.41) is 11.8. The Morgan fingerprint density at radius 3 is 3.00 bits per heavy atom. The van der Waals surface area contributed by atoms with E-state index < -0.39 is 0 Å². The quantitative estimate of drug-likeness (QED) is 0.756. The molecule has 0 aliphatic heterocycles. The summed E-state index contributed by atoms with van der Waals surface area (Å²) in [6.07, 6.45) is 1.71. The summed E-state index contributed by atoms with van der Waals surface area (Å²) in [6, 6.07) is 7.61. The summed E-state index contributed by atoms with van der Waals surface area (Å²) in [7, 11) is 1.66. The fourth-order valence-corrected chi connectivity index (χ4v) is 2.53. The number of benzene rings is 1. The van der Waals surface area contributed by atoms with Gasteiger partial charge in [-0.25, -0.2) is 9.97 Å². The molecule has 0 saturated carbocycles. The summed E-state index contributed by atoms with van der Waals surface area (Å²) in [6.45, 7) is 2.33. The molecule has 0 radical (unpaired) electrons. The molecule has 2 aromatic heterocycles. The molecule has 0 bridgehead atoms. The van der Waals surface area contributed by atoms with E-state index in [0.29, 0.717) is 23.1 Å². The number of hydrogen-bond acceptors (Lipinski definition) is 5. The lowest BCUT2D eigenvalue weighted by Gasteiger charge is -2.19. The van der Waals surface area contributed by atoms with Crippen LogP contribution in [0.25, 0.3) is 11.0 Å². The predicted molar refractivity (Wildman–Crippen MR) is 86.1 cm³/mol. The predicted octanol–water partition coefficient (Wildman–Crippen LogP) is 3.11. The zero-order chi connectivity index (χ0) is 15.5. The number of halogens is 1. The molecule has 114 valence electrons. The first-order valence-corrected chi connectivity index (χ1v) is 7.24. The van der Waals surface area contributed by atoms with Crippen LogP contribution in [0.1, 0.15) is 17.4 Å². The van der Waals surface area contributed by atoms with Gasteiger partial charge in [0.1, 0.15) is 11.6 Å². The highest BCUT2D eigenvalue weighted by Crippen LogP contribution is 2.25. The van der Waals surface area contributed by atoms with Crippen molar-refractivity contribution in [3.8, 4) is 0 Å². The summed E-state index contributed by atoms with van der Waals surface area (Å²) >= 11 is 6.09. The van der Waals surface area contributed by atoms with Crippen LogP contribution in [0.2, 0.25) is 5.02 Å². The molecule has 2 heterocycles. The number of nitrogens with zero attached hydrogens (tertiary/aromatic N) is 3. The zero-order valence-corrected chi connectivity index (χ0v) is 13.1. The van der Waals surface area contributed by atoms with Crippen molar-refractivity contribution < 1.29 is 4.74 Å². The van der Waals surface area contributed by atoms with Gasteiger partial charge in [-0.15, -0.1) is 0 Å². The maximum absolute atomic E-state index is 6.09. The summed E-state index contributed by atoms with van der Waals surface area (Å²) in [5.74, 6) is 1.39. The van der Waals surface area contributed by atoms with Crippen molar-refractivity contribution in [3.05, 3.63) is 46.9 Å². The van der Waals surface area contributed by atoms with Crippen LogP contribution >= 0.6 is 11.6 Å². The van der Waals surface area contributed by atoms with Gasteiger partial charge in [0.05, 0.1) is 24.2 Å². The van der Waals surface area contributed by atoms with Crippen LogP contribution in [0, 0.1) is 6.92 Å². The van der Waals surface area contributed by atoms with Crippen LogP contribution in [0.5, 0.6) is 0 Å². The number of ether oxygens (including phenoxy) is 1. The highest BCUT2D eigenvalue weighted by Gasteiger charge is 2.15.